The first kappa shape index (κ1) is 21.2. The van der Waals surface area contributed by atoms with Crippen molar-refractivity contribution in [3.63, 3.8) is 0 Å². The number of hydrogen-bond acceptors (Lipinski definition) is 6. The quantitative estimate of drug-likeness (QED) is 0.568. The van der Waals surface area contributed by atoms with Crippen LogP contribution >= 0.6 is 11.3 Å². The van der Waals surface area contributed by atoms with Gasteiger partial charge >= 0.3 is 0 Å². The summed E-state index contributed by atoms with van der Waals surface area (Å²) in [5, 5.41) is 5.47. The van der Waals surface area contributed by atoms with Crippen molar-refractivity contribution in [3.8, 4) is 28.5 Å². The highest BCUT2D eigenvalue weighted by Gasteiger charge is 2.19. The SMILES string of the molecule is COc1ccc(CC(=O)Nc2nc(-c3ccc4c(c3)CCCC4)cs2)c(OC)c1OC. The molecule has 162 valence electrons. The van der Waals surface area contributed by atoms with Gasteiger partial charge in [0.15, 0.2) is 16.6 Å². The normalized spacial score (nSPS) is 12.7. The Kier molecular flexibility index (Phi) is 6.42. The highest BCUT2D eigenvalue weighted by atomic mass is 32.1. The molecule has 7 heteroatoms. The van der Waals surface area contributed by atoms with Gasteiger partial charge in [0.2, 0.25) is 11.7 Å². The van der Waals surface area contributed by atoms with Gasteiger partial charge in [0.25, 0.3) is 0 Å². The van der Waals surface area contributed by atoms with Gasteiger partial charge < -0.3 is 19.5 Å². The second-order valence-corrected chi connectivity index (χ2v) is 8.30. The Hall–Kier alpha value is -3.06. The zero-order chi connectivity index (χ0) is 21.8. The number of thiazole rings is 1. The van der Waals surface area contributed by atoms with E-state index in [2.05, 4.69) is 28.5 Å². The van der Waals surface area contributed by atoms with Crippen molar-refractivity contribution < 1.29 is 19.0 Å². The monoisotopic (exact) mass is 438 g/mol. The average Bonchev–Trinajstić information content (AvgIpc) is 3.26. The summed E-state index contributed by atoms with van der Waals surface area (Å²) in [6.45, 7) is 0. The summed E-state index contributed by atoms with van der Waals surface area (Å²) in [5.41, 5.74) is 5.56. The summed E-state index contributed by atoms with van der Waals surface area (Å²) in [7, 11) is 4.65. The molecule has 6 nitrogen and oxygen atoms in total. The number of nitrogens with zero attached hydrogens (tertiary/aromatic N) is 1. The van der Waals surface area contributed by atoms with E-state index in [4.69, 9.17) is 14.2 Å². The van der Waals surface area contributed by atoms with Gasteiger partial charge in [-0.25, -0.2) is 4.98 Å². The van der Waals surface area contributed by atoms with E-state index in [9.17, 15) is 4.79 Å². The average molecular weight is 439 g/mol. The van der Waals surface area contributed by atoms with E-state index in [1.165, 1.54) is 35.3 Å². The van der Waals surface area contributed by atoms with Crippen molar-refractivity contribution >= 4 is 22.4 Å². The third-order valence-corrected chi connectivity index (χ3v) is 6.29. The molecule has 0 unspecified atom stereocenters. The second-order valence-electron chi connectivity index (χ2n) is 7.45. The minimum Gasteiger partial charge on any atom is -0.493 e. The number of aryl methyl sites for hydroxylation is 2. The summed E-state index contributed by atoms with van der Waals surface area (Å²) in [5.74, 6) is 1.35. The molecule has 3 aromatic rings. The number of benzene rings is 2. The maximum atomic E-state index is 12.7. The summed E-state index contributed by atoms with van der Waals surface area (Å²) < 4.78 is 16.2. The lowest BCUT2D eigenvalue weighted by molar-refractivity contribution is -0.115. The van der Waals surface area contributed by atoms with Crippen LogP contribution in [0.2, 0.25) is 0 Å². The first-order valence-electron chi connectivity index (χ1n) is 10.3. The number of rotatable bonds is 7. The zero-order valence-electron chi connectivity index (χ0n) is 18.0. The van der Waals surface area contributed by atoms with E-state index in [0.717, 1.165) is 24.1 Å². The first-order chi connectivity index (χ1) is 15.1. The number of aromatic nitrogens is 1. The van der Waals surface area contributed by atoms with Crippen LogP contribution in [0.4, 0.5) is 5.13 Å². The molecular formula is C24H26N2O4S. The van der Waals surface area contributed by atoms with Crippen LogP contribution in [0.5, 0.6) is 17.2 Å². The van der Waals surface area contributed by atoms with Crippen LogP contribution in [0, 0.1) is 0 Å². The van der Waals surface area contributed by atoms with E-state index in [-0.39, 0.29) is 12.3 Å². The number of ether oxygens (including phenoxy) is 3. The standard InChI is InChI=1S/C24H26N2O4S/c1-28-20-11-10-18(22(29-2)23(20)30-3)13-21(27)26-24-25-19(14-31-24)17-9-8-15-6-4-5-7-16(15)12-17/h8-12,14H,4-7,13H2,1-3H3,(H,25,26,27). The molecule has 2 aromatic carbocycles. The largest absolute Gasteiger partial charge is 0.493 e. The number of carbonyl (C=O) groups excluding carboxylic acids is 1. The van der Waals surface area contributed by atoms with Crippen LogP contribution in [0.1, 0.15) is 29.5 Å². The van der Waals surface area contributed by atoms with Crippen molar-refractivity contribution in [3.05, 3.63) is 52.4 Å². The smallest absolute Gasteiger partial charge is 0.230 e. The third-order valence-electron chi connectivity index (χ3n) is 5.53. The molecule has 0 spiro atoms. The highest BCUT2D eigenvalue weighted by Crippen LogP contribution is 2.40. The third kappa shape index (κ3) is 4.51. The molecule has 0 bridgehead atoms. The van der Waals surface area contributed by atoms with Crippen LogP contribution in [0.25, 0.3) is 11.3 Å². The van der Waals surface area contributed by atoms with E-state index in [1.54, 1.807) is 33.5 Å². The van der Waals surface area contributed by atoms with E-state index in [0.29, 0.717) is 27.9 Å². The molecule has 0 fully saturated rings. The number of methoxy groups -OCH3 is 3. The van der Waals surface area contributed by atoms with Crippen molar-refractivity contribution in [2.45, 2.75) is 32.1 Å². The van der Waals surface area contributed by atoms with E-state index in [1.807, 2.05) is 5.38 Å². The van der Waals surface area contributed by atoms with E-state index < -0.39 is 0 Å². The van der Waals surface area contributed by atoms with Crippen LogP contribution in [0.3, 0.4) is 0 Å². The molecule has 4 rings (SSSR count). The fourth-order valence-corrected chi connectivity index (χ4v) is 4.73. The lowest BCUT2D eigenvalue weighted by Gasteiger charge is -2.16. The molecule has 1 N–H and O–H groups in total. The molecule has 1 heterocycles. The van der Waals surface area contributed by atoms with E-state index >= 15 is 0 Å². The maximum Gasteiger partial charge on any atom is 0.230 e. The van der Waals surface area contributed by atoms with Crippen LogP contribution < -0.4 is 19.5 Å². The second kappa shape index (κ2) is 9.39. The Morgan fingerprint density at radius 3 is 2.52 bits per heavy atom. The number of fused-ring (bicyclic) bond motifs is 1. The lowest BCUT2D eigenvalue weighted by atomic mass is 9.90. The maximum absolute atomic E-state index is 12.7. The molecule has 0 saturated carbocycles. The van der Waals surface area contributed by atoms with Crippen molar-refractivity contribution in [1.29, 1.82) is 0 Å². The molecule has 1 aliphatic carbocycles. The van der Waals surface area contributed by atoms with Crippen LogP contribution in [-0.2, 0) is 24.1 Å². The Morgan fingerprint density at radius 1 is 1.00 bits per heavy atom. The molecule has 31 heavy (non-hydrogen) atoms. The summed E-state index contributed by atoms with van der Waals surface area (Å²) in [4.78, 5) is 17.3. The number of nitrogens with one attached hydrogen (secondary N) is 1. The van der Waals surface area contributed by atoms with Crippen LogP contribution in [0.15, 0.2) is 35.7 Å². The topological polar surface area (TPSA) is 69.7 Å². The van der Waals surface area contributed by atoms with Crippen molar-refractivity contribution in [2.24, 2.45) is 0 Å². The molecule has 0 atom stereocenters. The van der Waals surface area contributed by atoms with Crippen LogP contribution in [-0.4, -0.2) is 32.2 Å². The number of hydrogen-bond donors (Lipinski definition) is 1. The lowest BCUT2D eigenvalue weighted by Crippen LogP contribution is -2.15. The molecule has 0 radical (unpaired) electrons. The Morgan fingerprint density at radius 2 is 1.77 bits per heavy atom. The number of amides is 1. The zero-order valence-corrected chi connectivity index (χ0v) is 18.8. The Bertz CT molecular complexity index is 1090. The summed E-state index contributed by atoms with van der Waals surface area (Å²) in [6.07, 6.45) is 4.94. The summed E-state index contributed by atoms with van der Waals surface area (Å²) in [6, 6.07) is 10.1. The molecule has 1 aliphatic rings. The number of carbonyl (C=O) groups is 1. The molecule has 1 aromatic heterocycles. The fraction of sp³-hybridized carbons (Fsp3) is 0.333. The number of anilines is 1. The Balaban J connectivity index is 1.48. The minimum absolute atomic E-state index is 0.136. The van der Waals surface area contributed by atoms with Gasteiger partial charge in [-0.15, -0.1) is 11.3 Å². The van der Waals surface area contributed by atoms with Crippen molar-refractivity contribution in [2.75, 3.05) is 26.6 Å². The minimum atomic E-state index is -0.170. The van der Waals surface area contributed by atoms with Crippen molar-refractivity contribution in [1.82, 2.24) is 4.98 Å². The molecule has 0 aliphatic heterocycles. The fourth-order valence-electron chi connectivity index (χ4n) is 4.00. The molecule has 1 amide bonds. The van der Waals surface area contributed by atoms with Gasteiger partial charge in [0, 0.05) is 16.5 Å². The molecular weight excluding hydrogens is 412 g/mol. The van der Waals surface area contributed by atoms with Gasteiger partial charge in [-0.2, -0.15) is 0 Å². The first-order valence-corrected chi connectivity index (χ1v) is 11.2. The Labute approximate surface area is 186 Å². The predicted molar refractivity (Wildman–Crippen MR) is 123 cm³/mol. The van der Waals surface area contributed by atoms with Gasteiger partial charge in [0.05, 0.1) is 33.4 Å². The van der Waals surface area contributed by atoms with Gasteiger partial charge in [-0.3, -0.25) is 4.79 Å². The van der Waals surface area contributed by atoms with Gasteiger partial charge in [-0.1, -0.05) is 18.2 Å². The molecule has 0 saturated heterocycles. The van der Waals surface area contributed by atoms with Gasteiger partial charge in [-0.05, 0) is 48.9 Å². The highest BCUT2D eigenvalue weighted by molar-refractivity contribution is 7.14. The van der Waals surface area contributed by atoms with Gasteiger partial charge in [0.1, 0.15) is 0 Å². The summed E-state index contributed by atoms with van der Waals surface area (Å²) >= 11 is 1.43. The predicted octanol–water partition coefficient (Wildman–Crippen LogP) is 4.90.